The van der Waals surface area contributed by atoms with Gasteiger partial charge in [0.25, 0.3) is 0 Å². The van der Waals surface area contributed by atoms with Gasteiger partial charge in [-0.15, -0.1) is 0 Å². The van der Waals surface area contributed by atoms with Crippen LogP contribution in [0.2, 0.25) is 0 Å². The number of hydrogen-bond donors (Lipinski definition) is 20. The van der Waals surface area contributed by atoms with Crippen LogP contribution in [-0.2, 0) is 91.1 Å². The maximum absolute atomic E-state index is 14.8. The Labute approximate surface area is 689 Å². The number of phenols is 2. The molecule has 7 rings (SSSR count). The number of carboxylic acids is 1. The molecule has 38 heteroatoms. The van der Waals surface area contributed by atoms with Crippen LogP contribution in [0, 0.1) is 17.8 Å². The Bertz CT molecular complexity index is 4300. The van der Waals surface area contributed by atoms with E-state index in [1.54, 1.807) is 26.0 Å². The molecule has 2 aromatic carbocycles. The number of amides is 14. The first-order chi connectivity index (χ1) is 56.8. The smallest absolute Gasteiger partial charge is 0.329 e. The second kappa shape index (κ2) is 47.5. The van der Waals surface area contributed by atoms with Gasteiger partial charge < -0.3 is 115 Å². The number of nitrogens with one attached hydrogen (secondary N) is 15. The lowest BCUT2D eigenvalue weighted by molar-refractivity contribution is -0.157. The standard InChI is InChI=1S/C81H119N19O19/c1-45(2)19-14-12-10-8-7-9-11-13-15-20-53-36-65(103)92-58(21-16-28-82)74(111)96-62(33-50-40-84-44-91-50)76(113)99-71(47(5)6)79(116)100-30-18-23-64(100)77(114)90-42-66(104)93-59(22-17-29-85-81(83)118)75(112)95-61(32-49-39-87-57-27-25-52(102)35-55(49)57)73(110)88-41-67(105)94-60(31-48-38-86-56-26-24-51(101)34-54(48)56)72(109)89-43-68(106)98-70(46(3)4)78(115)97-63(37-69(107)108)80(117)119-53/h24-27,34-35,38-40,44-47,53,58-64,70-71,86-87,101-102H,7-23,28-33,36-37,41-43,82H2,1-6H3,(H,84,91)(H,88,110)(H,89,109)(H,90,114)(H,92,103)(H,93,104)(H,94,105)(H,95,112)(H,96,111)(H,97,115)(H,98,106)(H,99,113)(H,107,108)(H3,83,85,118)/t53?,58-,59-,60-,61-,62-,63-,64-,70-,71-/m0/s1. The van der Waals surface area contributed by atoms with Crippen molar-refractivity contribution in [3.8, 4) is 11.5 Å². The summed E-state index contributed by atoms with van der Waals surface area (Å²) >= 11 is 0. The number of carboxylic acid groups (broad SMARTS) is 1. The average molecular weight is 1660 g/mol. The molecule has 652 valence electrons. The van der Waals surface area contributed by atoms with Gasteiger partial charge in [0.1, 0.15) is 72.0 Å². The molecule has 0 saturated carbocycles. The molecular weight excluding hydrogens is 1540 g/mol. The van der Waals surface area contributed by atoms with Crippen molar-refractivity contribution in [1.29, 1.82) is 0 Å². The molecule has 1 unspecified atom stereocenters. The number of unbranched alkanes of at least 4 members (excludes halogenated alkanes) is 8. The van der Waals surface area contributed by atoms with Gasteiger partial charge in [-0.1, -0.05) is 99.3 Å². The van der Waals surface area contributed by atoms with E-state index in [0.29, 0.717) is 63.8 Å². The normalized spacial score (nSPS) is 22.3. The SMILES string of the molecule is CC(C)CCCCCCCCCCCC1CC(=O)N[C@@H](CCCN)C(=O)N[C@@H](Cc2c[nH]cn2)C(=O)N[C@@H](C(C)C)C(=O)N2CCC[C@H]2C(=O)NCC(=O)N[C@@H](CCCNC(N)=O)C(=O)N[C@@H](Cc2c[nH]c3ccc(O)cc23)C(=O)NCC(=O)N[C@@H](Cc2c[nH]c3ccc(O)cc23)C(=O)NCC(=O)N[C@@H](C(C)C)C(=O)N[C@@H](CC(=O)O)C(=O)O1. The second-order valence-electron chi connectivity index (χ2n) is 31.5. The number of nitrogens with zero attached hydrogens (tertiary/aromatic N) is 2. The Hall–Kier alpha value is -11.9. The van der Waals surface area contributed by atoms with Crippen molar-refractivity contribution in [3.05, 3.63) is 78.1 Å². The number of ether oxygens (including phenoxy) is 1. The zero-order chi connectivity index (χ0) is 86.8. The number of aliphatic carboxylic acids is 1. The number of aromatic amines is 3. The predicted molar refractivity (Wildman–Crippen MR) is 436 cm³/mol. The van der Waals surface area contributed by atoms with Crippen LogP contribution < -0.4 is 75.3 Å². The number of aromatic nitrogens is 4. The summed E-state index contributed by atoms with van der Waals surface area (Å²) in [6.07, 6.45) is 11.8. The lowest BCUT2D eigenvalue weighted by Gasteiger charge is -2.31. The van der Waals surface area contributed by atoms with E-state index in [-0.39, 0.29) is 88.9 Å². The molecule has 0 spiro atoms. The van der Waals surface area contributed by atoms with Gasteiger partial charge in [0.05, 0.1) is 44.5 Å². The molecule has 119 heavy (non-hydrogen) atoms. The Kier molecular flexibility index (Phi) is 37.7. The van der Waals surface area contributed by atoms with Crippen molar-refractivity contribution in [2.24, 2.45) is 29.2 Å². The summed E-state index contributed by atoms with van der Waals surface area (Å²) in [7, 11) is 0. The van der Waals surface area contributed by atoms with Crippen LogP contribution in [0.25, 0.3) is 21.8 Å². The highest BCUT2D eigenvalue weighted by Crippen LogP contribution is 2.27. The maximum Gasteiger partial charge on any atom is 0.329 e. The summed E-state index contributed by atoms with van der Waals surface area (Å²) in [5, 5.41) is 62.8. The van der Waals surface area contributed by atoms with Gasteiger partial charge in [-0.2, -0.15) is 0 Å². The van der Waals surface area contributed by atoms with E-state index in [2.05, 4.69) is 97.6 Å². The lowest BCUT2D eigenvalue weighted by atomic mass is 10.0. The second-order valence-corrected chi connectivity index (χ2v) is 31.5. The number of carbonyl (C=O) groups excluding carboxylic acids is 14. The molecule has 5 aromatic rings. The van der Waals surface area contributed by atoms with Crippen molar-refractivity contribution in [3.63, 3.8) is 0 Å². The van der Waals surface area contributed by atoms with Gasteiger partial charge in [-0.25, -0.2) is 14.6 Å². The molecular formula is C81H119N19O19. The quantitative estimate of drug-likeness (QED) is 0.0237. The third-order valence-electron chi connectivity index (χ3n) is 20.8. The summed E-state index contributed by atoms with van der Waals surface area (Å²) in [4.78, 5) is 226. The summed E-state index contributed by atoms with van der Waals surface area (Å²) in [5.74, 6) is -14.8. The molecule has 3 aromatic heterocycles. The number of H-pyrrole nitrogens is 3. The predicted octanol–water partition coefficient (Wildman–Crippen LogP) is 1.27. The van der Waals surface area contributed by atoms with E-state index in [9.17, 15) is 87.2 Å². The number of nitrogens with two attached hydrogens (primary N) is 2. The molecule has 22 N–H and O–H groups in total. The van der Waals surface area contributed by atoms with Gasteiger partial charge in [0.2, 0.25) is 70.9 Å². The molecule has 10 atom stereocenters. The van der Waals surface area contributed by atoms with E-state index in [1.807, 2.05) is 0 Å². The Morgan fingerprint density at radius 1 is 0.538 bits per heavy atom. The van der Waals surface area contributed by atoms with Gasteiger partial charge in [-0.05, 0) is 123 Å². The number of imidazole rings is 1. The van der Waals surface area contributed by atoms with Crippen molar-refractivity contribution >= 4 is 111 Å². The zero-order valence-electron chi connectivity index (χ0n) is 68.5. The molecule has 38 nitrogen and oxygen atoms in total. The van der Waals surface area contributed by atoms with Crippen LogP contribution >= 0.6 is 0 Å². The molecule has 14 amide bonds. The number of benzene rings is 2. The van der Waals surface area contributed by atoms with Gasteiger partial charge >= 0.3 is 18.0 Å². The zero-order valence-corrected chi connectivity index (χ0v) is 68.5. The largest absolute Gasteiger partial charge is 0.508 e. The number of phenolic OH excluding ortho intramolecular Hbond substituents is 2. The highest BCUT2D eigenvalue weighted by Gasteiger charge is 2.41. The highest BCUT2D eigenvalue weighted by molar-refractivity contribution is 6.00. The van der Waals surface area contributed by atoms with Gasteiger partial charge in [0, 0.05) is 72.7 Å². The third kappa shape index (κ3) is 30.9. The molecule has 2 aliphatic heterocycles. The Morgan fingerprint density at radius 3 is 1.56 bits per heavy atom. The Balaban J connectivity index is 1.21. The van der Waals surface area contributed by atoms with Crippen molar-refractivity contribution in [1.82, 2.24) is 88.6 Å². The summed E-state index contributed by atoms with van der Waals surface area (Å²) in [5.41, 5.74) is 13.4. The minimum atomic E-state index is -1.92. The minimum absolute atomic E-state index is 0.00707. The van der Waals surface area contributed by atoms with E-state index < -0.39 is 194 Å². The van der Waals surface area contributed by atoms with Gasteiger partial charge in [0.15, 0.2) is 0 Å². The van der Waals surface area contributed by atoms with Crippen LogP contribution in [0.1, 0.15) is 180 Å². The van der Waals surface area contributed by atoms with Crippen molar-refractivity contribution in [2.45, 2.75) is 243 Å². The summed E-state index contributed by atoms with van der Waals surface area (Å²) in [6.45, 7) is 8.26. The topological polar surface area (TPSA) is 586 Å². The van der Waals surface area contributed by atoms with E-state index >= 15 is 0 Å². The average Bonchev–Trinajstić information content (AvgIpc) is 1.68. The molecule has 2 aliphatic rings. The first-order valence-corrected chi connectivity index (χ1v) is 41.0. The monoisotopic (exact) mass is 1660 g/mol. The van der Waals surface area contributed by atoms with E-state index in [4.69, 9.17) is 16.2 Å². The third-order valence-corrected chi connectivity index (χ3v) is 20.8. The number of esters is 1. The first-order valence-electron chi connectivity index (χ1n) is 41.0. The number of urea groups is 1. The van der Waals surface area contributed by atoms with Crippen molar-refractivity contribution < 1.29 is 92.0 Å². The van der Waals surface area contributed by atoms with Gasteiger partial charge in [-0.3, -0.25) is 62.3 Å². The van der Waals surface area contributed by atoms with Crippen LogP contribution in [0.4, 0.5) is 4.79 Å². The maximum atomic E-state index is 14.8. The fourth-order valence-electron chi connectivity index (χ4n) is 14.3. The molecule has 0 radical (unpaired) electrons. The number of fused-ring (bicyclic) bond motifs is 3. The van der Waals surface area contributed by atoms with E-state index in [0.717, 1.165) is 51.4 Å². The van der Waals surface area contributed by atoms with Crippen LogP contribution in [0.5, 0.6) is 11.5 Å². The number of hydrogen-bond acceptors (Lipinski definition) is 20. The molecule has 2 fully saturated rings. The summed E-state index contributed by atoms with van der Waals surface area (Å²) in [6, 6.07) is -5.62. The number of aromatic hydroxyl groups is 2. The van der Waals surface area contributed by atoms with Crippen LogP contribution in [-0.4, -0.2) is 229 Å². The minimum Gasteiger partial charge on any atom is -0.508 e. The number of primary amides is 1. The molecule has 0 aliphatic carbocycles. The van der Waals surface area contributed by atoms with Crippen LogP contribution in [0.15, 0.2) is 61.3 Å². The number of rotatable bonds is 29. The Morgan fingerprint density at radius 2 is 1.03 bits per heavy atom. The van der Waals surface area contributed by atoms with Crippen molar-refractivity contribution in [2.75, 3.05) is 39.3 Å². The van der Waals surface area contributed by atoms with E-state index in [1.165, 1.54) is 67.9 Å². The molecule has 5 heterocycles. The fraction of sp³-hybridized carbons (Fsp3) is 0.580. The first kappa shape index (κ1) is 94.3. The van der Waals surface area contributed by atoms with Crippen LogP contribution in [0.3, 0.4) is 0 Å². The molecule has 0 bridgehead atoms. The highest BCUT2D eigenvalue weighted by atomic mass is 16.5. The number of carbonyl (C=O) groups is 15. The molecule has 2 saturated heterocycles. The number of cyclic esters (lactones) is 1. The lowest BCUT2D eigenvalue weighted by Crippen LogP contribution is -2.60. The summed E-state index contributed by atoms with van der Waals surface area (Å²) < 4.78 is 5.96. The fourth-order valence-corrected chi connectivity index (χ4v) is 14.3.